The molecule has 7 nitrogen and oxygen atoms in total. The van der Waals surface area contributed by atoms with Crippen LogP contribution in [0.3, 0.4) is 0 Å². The van der Waals surface area contributed by atoms with Crippen molar-refractivity contribution in [2.45, 2.75) is 18.8 Å². The lowest BCUT2D eigenvalue weighted by Crippen LogP contribution is -2.47. The van der Waals surface area contributed by atoms with Crippen LogP contribution >= 0.6 is 23.1 Å². The molecule has 9 heteroatoms. The average molecular weight is 353 g/mol. The van der Waals surface area contributed by atoms with Gasteiger partial charge in [-0.05, 0) is 12.8 Å². The van der Waals surface area contributed by atoms with Crippen molar-refractivity contribution in [1.82, 2.24) is 19.1 Å². The predicted molar refractivity (Wildman–Crippen MR) is 90.8 cm³/mol. The van der Waals surface area contributed by atoms with Crippen LogP contribution in [0.25, 0.3) is 0 Å². The highest BCUT2D eigenvalue weighted by Gasteiger charge is 2.29. The Morgan fingerprint density at radius 1 is 1.22 bits per heavy atom. The van der Waals surface area contributed by atoms with Crippen molar-refractivity contribution >= 4 is 34.0 Å². The molecule has 23 heavy (non-hydrogen) atoms. The third-order valence-electron chi connectivity index (χ3n) is 4.32. The fourth-order valence-corrected chi connectivity index (χ4v) is 3.81. The van der Waals surface area contributed by atoms with Gasteiger partial charge in [-0.2, -0.15) is 9.47 Å². The molecule has 0 spiro atoms. The molecular weight excluding hydrogens is 336 g/mol. The monoisotopic (exact) mass is 352 g/mol. The van der Waals surface area contributed by atoms with Gasteiger partial charge in [-0.1, -0.05) is 11.6 Å². The van der Waals surface area contributed by atoms with Crippen molar-refractivity contribution in [3.8, 4) is 0 Å². The van der Waals surface area contributed by atoms with Gasteiger partial charge in [-0.3, -0.25) is 4.79 Å². The quantitative estimate of drug-likeness (QED) is 0.833. The average Bonchev–Trinajstić information content (AvgIpc) is 3.30. The summed E-state index contributed by atoms with van der Waals surface area (Å²) in [6, 6.07) is 0. The molecule has 2 fully saturated rings. The van der Waals surface area contributed by atoms with Gasteiger partial charge in [0.2, 0.25) is 5.13 Å². The van der Waals surface area contributed by atoms with Crippen molar-refractivity contribution in [2.24, 2.45) is 7.05 Å². The Balaban J connectivity index is 1.46. The van der Waals surface area contributed by atoms with Crippen molar-refractivity contribution < 1.29 is 0 Å². The maximum atomic E-state index is 11.9. The summed E-state index contributed by atoms with van der Waals surface area (Å²) in [7, 11) is 1.60. The molecule has 2 aliphatic rings. The summed E-state index contributed by atoms with van der Waals surface area (Å²) >= 11 is 7.66. The topological polar surface area (TPSA) is 67.2 Å². The Hall–Kier alpha value is -1.67. The molecule has 0 N–H and O–H groups in total. The van der Waals surface area contributed by atoms with Crippen LogP contribution in [0.5, 0.6) is 0 Å². The molecule has 4 rings (SSSR count). The van der Waals surface area contributed by atoms with Gasteiger partial charge >= 0.3 is 0 Å². The number of hydrogen-bond donors (Lipinski definition) is 0. The third-order valence-corrected chi connectivity index (χ3v) is 5.47. The first kappa shape index (κ1) is 14.9. The van der Waals surface area contributed by atoms with Gasteiger partial charge in [0.05, 0.1) is 11.9 Å². The summed E-state index contributed by atoms with van der Waals surface area (Å²) in [5.74, 6) is 1.60. The normalized spacial score (nSPS) is 18.5. The molecule has 1 saturated carbocycles. The summed E-state index contributed by atoms with van der Waals surface area (Å²) in [5, 5.41) is 5.30. The molecule has 0 radical (unpaired) electrons. The summed E-state index contributed by atoms with van der Waals surface area (Å²) < 4.78 is 5.72. The number of nitrogens with zero attached hydrogens (tertiary/aromatic N) is 6. The zero-order chi connectivity index (χ0) is 16.0. The van der Waals surface area contributed by atoms with E-state index in [2.05, 4.69) is 24.3 Å². The van der Waals surface area contributed by atoms with Gasteiger partial charge < -0.3 is 9.80 Å². The lowest BCUT2D eigenvalue weighted by Gasteiger charge is -2.35. The van der Waals surface area contributed by atoms with Crippen LogP contribution in [0.4, 0.5) is 10.8 Å². The first-order valence-electron chi connectivity index (χ1n) is 7.69. The SMILES string of the molecule is Cn1ncc(N2CCN(c3nc(C4CC4)ns3)CC2)c(Cl)c1=O. The number of rotatable bonds is 3. The van der Waals surface area contributed by atoms with E-state index in [-0.39, 0.29) is 10.6 Å². The number of aromatic nitrogens is 4. The lowest BCUT2D eigenvalue weighted by molar-refractivity contribution is 0.641. The molecular formula is C14H17ClN6OS. The van der Waals surface area contributed by atoms with E-state index in [1.807, 2.05) is 0 Å². The third kappa shape index (κ3) is 2.81. The fraction of sp³-hybridized carbons (Fsp3) is 0.571. The lowest BCUT2D eigenvalue weighted by atomic mass is 10.3. The molecule has 3 heterocycles. The van der Waals surface area contributed by atoms with Crippen LogP contribution in [0.2, 0.25) is 5.02 Å². The zero-order valence-corrected chi connectivity index (χ0v) is 14.3. The van der Waals surface area contributed by atoms with E-state index in [0.29, 0.717) is 11.6 Å². The largest absolute Gasteiger partial charge is 0.365 e. The second-order valence-corrected chi connectivity index (χ2v) is 7.06. The molecule has 1 aliphatic heterocycles. The molecule has 0 unspecified atom stereocenters. The van der Waals surface area contributed by atoms with Gasteiger partial charge in [-0.25, -0.2) is 9.67 Å². The minimum absolute atomic E-state index is 0.239. The van der Waals surface area contributed by atoms with Gasteiger partial charge in [0.25, 0.3) is 5.56 Å². The van der Waals surface area contributed by atoms with Crippen molar-refractivity contribution in [3.63, 3.8) is 0 Å². The summed E-state index contributed by atoms with van der Waals surface area (Å²) in [4.78, 5) is 20.9. The van der Waals surface area contributed by atoms with E-state index in [1.54, 1.807) is 13.2 Å². The van der Waals surface area contributed by atoms with E-state index >= 15 is 0 Å². The van der Waals surface area contributed by atoms with E-state index in [1.165, 1.54) is 29.1 Å². The molecule has 2 aromatic rings. The van der Waals surface area contributed by atoms with Gasteiger partial charge in [-0.15, -0.1) is 0 Å². The van der Waals surface area contributed by atoms with Crippen LogP contribution in [-0.2, 0) is 7.05 Å². The number of hydrogen-bond acceptors (Lipinski definition) is 7. The minimum atomic E-state index is -0.259. The second-order valence-electron chi connectivity index (χ2n) is 5.96. The van der Waals surface area contributed by atoms with Gasteiger partial charge in [0.1, 0.15) is 10.8 Å². The van der Waals surface area contributed by atoms with Crippen molar-refractivity contribution in [1.29, 1.82) is 0 Å². The summed E-state index contributed by atoms with van der Waals surface area (Å²) in [6.45, 7) is 3.25. The van der Waals surface area contributed by atoms with E-state index in [4.69, 9.17) is 11.6 Å². The first-order valence-corrected chi connectivity index (χ1v) is 8.84. The molecule has 2 aromatic heterocycles. The van der Waals surface area contributed by atoms with E-state index in [9.17, 15) is 4.79 Å². The van der Waals surface area contributed by atoms with Gasteiger partial charge in [0.15, 0.2) is 0 Å². The van der Waals surface area contributed by atoms with E-state index in [0.717, 1.165) is 37.1 Å². The van der Waals surface area contributed by atoms with Crippen molar-refractivity contribution in [3.05, 3.63) is 27.4 Å². The molecule has 0 aromatic carbocycles. The maximum Gasteiger partial charge on any atom is 0.287 e. The first-order chi connectivity index (χ1) is 11.1. The molecule has 1 aliphatic carbocycles. The minimum Gasteiger partial charge on any atom is -0.365 e. The Morgan fingerprint density at radius 2 is 1.91 bits per heavy atom. The molecule has 0 amide bonds. The number of aryl methyl sites for hydroxylation is 1. The Bertz CT molecular complexity index is 778. The molecule has 1 saturated heterocycles. The number of halogens is 1. The van der Waals surface area contributed by atoms with E-state index < -0.39 is 0 Å². The number of anilines is 2. The van der Waals surface area contributed by atoms with Crippen LogP contribution in [0.15, 0.2) is 11.0 Å². The van der Waals surface area contributed by atoms with Gasteiger partial charge in [0, 0.05) is 50.7 Å². The highest BCUT2D eigenvalue weighted by atomic mass is 35.5. The standard InChI is InChI=1S/C14H17ClN6OS/c1-19-13(22)11(15)10(8-16-19)20-4-6-21(7-5-20)14-17-12(18-23-14)9-2-3-9/h8-9H,2-7H2,1H3. The van der Waals surface area contributed by atoms with Crippen LogP contribution in [-0.4, -0.2) is 45.3 Å². The highest BCUT2D eigenvalue weighted by Crippen LogP contribution is 2.39. The van der Waals surface area contributed by atoms with Crippen molar-refractivity contribution in [2.75, 3.05) is 36.0 Å². The molecule has 0 atom stereocenters. The number of piperazine rings is 1. The summed E-state index contributed by atoms with van der Waals surface area (Å²) in [5.41, 5.74) is 0.454. The fourth-order valence-electron chi connectivity index (χ4n) is 2.72. The zero-order valence-electron chi connectivity index (χ0n) is 12.8. The highest BCUT2D eigenvalue weighted by molar-refractivity contribution is 7.09. The summed E-state index contributed by atoms with van der Waals surface area (Å²) in [6.07, 6.45) is 4.10. The Morgan fingerprint density at radius 3 is 2.61 bits per heavy atom. The molecule has 122 valence electrons. The predicted octanol–water partition coefficient (Wildman–Crippen LogP) is 1.49. The van der Waals surface area contributed by atoms with Crippen LogP contribution in [0.1, 0.15) is 24.6 Å². The maximum absolute atomic E-state index is 11.9. The smallest absolute Gasteiger partial charge is 0.287 e. The van der Waals surface area contributed by atoms with Crippen LogP contribution < -0.4 is 15.4 Å². The van der Waals surface area contributed by atoms with Crippen LogP contribution in [0, 0.1) is 0 Å². The molecule has 0 bridgehead atoms. The Labute approximate surface area is 142 Å². The second kappa shape index (κ2) is 5.76. The Kier molecular flexibility index (Phi) is 3.73.